The molecule has 1 heterocycles. The van der Waals surface area contributed by atoms with Crippen LogP contribution in [0.4, 0.5) is 0 Å². The molecule has 0 atom stereocenters. The lowest BCUT2D eigenvalue weighted by Gasteiger charge is -2.36. The number of nitrogens with one attached hydrogen (secondary N) is 1. The van der Waals surface area contributed by atoms with E-state index >= 15 is 0 Å². The molecule has 2 N–H and O–H groups in total. The van der Waals surface area contributed by atoms with Crippen LogP contribution >= 0.6 is 15.9 Å². The number of aliphatic carboxylic acids is 1. The van der Waals surface area contributed by atoms with Gasteiger partial charge in [0.1, 0.15) is 0 Å². The van der Waals surface area contributed by atoms with E-state index in [-0.39, 0.29) is 12.3 Å². The normalized spacial score (nSPS) is 17.0. The van der Waals surface area contributed by atoms with E-state index in [1.54, 1.807) is 0 Å². The van der Waals surface area contributed by atoms with Gasteiger partial charge in [-0.3, -0.25) is 9.59 Å². The molecule has 6 heteroatoms. The van der Waals surface area contributed by atoms with E-state index in [1.807, 2.05) is 24.3 Å². The number of amides is 1. The van der Waals surface area contributed by atoms with Crippen LogP contribution in [0.5, 0.6) is 0 Å². The van der Waals surface area contributed by atoms with Gasteiger partial charge < -0.3 is 15.2 Å². The van der Waals surface area contributed by atoms with Gasteiger partial charge in [-0.05, 0) is 37.0 Å². The number of carboxylic acids is 1. The molecular weight excluding hydrogens is 350 g/mol. The largest absolute Gasteiger partial charge is 0.481 e. The highest BCUT2D eigenvalue weighted by molar-refractivity contribution is 9.10. The van der Waals surface area contributed by atoms with E-state index in [4.69, 9.17) is 9.84 Å². The number of rotatable bonds is 6. The van der Waals surface area contributed by atoms with E-state index in [0.717, 1.165) is 10.0 Å². The van der Waals surface area contributed by atoms with Crippen molar-refractivity contribution in [3.05, 3.63) is 34.3 Å². The van der Waals surface area contributed by atoms with Crippen molar-refractivity contribution in [1.82, 2.24) is 5.32 Å². The van der Waals surface area contributed by atoms with E-state index in [2.05, 4.69) is 21.2 Å². The van der Waals surface area contributed by atoms with Gasteiger partial charge in [-0.2, -0.15) is 0 Å². The molecule has 0 saturated carbocycles. The molecule has 120 valence electrons. The van der Waals surface area contributed by atoms with Crippen molar-refractivity contribution in [2.75, 3.05) is 19.8 Å². The van der Waals surface area contributed by atoms with Crippen LogP contribution in [0, 0.1) is 0 Å². The molecule has 5 nitrogen and oxygen atoms in total. The average molecular weight is 370 g/mol. The lowest BCUT2D eigenvalue weighted by atomic mass is 9.73. The van der Waals surface area contributed by atoms with Crippen molar-refractivity contribution in [2.45, 2.75) is 31.1 Å². The Balaban J connectivity index is 2.09. The first-order valence-electron chi connectivity index (χ1n) is 7.38. The van der Waals surface area contributed by atoms with Gasteiger partial charge in [-0.15, -0.1) is 0 Å². The smallest absolute Gasteiger partial charge is 0.303 e. The molecule has 1 fully saturated rings. The van der Waals surface area contributed by atoms with E-state index in [1.165, 1.54) is 0 Å². The zero-order valence-corrected chi connectivity index (χ0v) is 13.9. The molecule has 1 aromatic rings. The fourth-order valence-electron chi connectivity index (χ4n) is 2.75. The van der Waals surface area contributed by atoms with Crippen LogP contribution in [0.15, 0.2) is 28.7 Å². The molecule has 0 unspecified atom stereocenters. The van der Waals surface area contributed by atoms with E-state index < -0.39 is 11.4 Å². The van der Waals surface area contributed by atoms with Crippen molar-refractivity contribution >= 4 is 27.8 Å². The van der Waals surface area contributed by atoms with Crippen LogP contribution in [-0.4, -0.2) is 36.7 Å². The third-order valence-electron chi connectivity index (χ3n) is 4.03. The van der Waals surface area contributed by atoms with Crippen molar-refractivity contribution in [2.24, 2.45) is 0 Å². The molecule has 0 bridgehead atoms. The number of carbonyl (C=O) groups excluding carboxylic acids is 1. The first-order chi connectivity index (χ1) is 10.5. The van der Waals surface area contributed by atoms with Gasteiger partial charge >= 0.3 is 5.97 Å². The number of carboxylic acid groups (broad SMARTS) is 1. The third kappa shape index (κ3) is 4.08. The fraction of sp³-hybridized carbons (Fsp3) is 0.500. The fourth-order valence-corrected chi connectivity index (χ4v) is 3.01. The first-order valence-corrected chi connectivity index (χ1v) is 8.18. The predicted octanol–water partition coefficient (Wildman–Crippen LogP) is 2.48. The summed E-state index contributed by atoms with van der Waals surface area (Å²) in [7, 11) is 0. The molecule has 0 aromatic heterocycles. The maximum Gasteiger partial charge on any atom is 0.303 e. The highest BCUT2D eigenvalue weighted by Gasteiger charge is 2.41. The summed E-state index contributed by atoms with van der Waals surface area (Å²) in [6.45, 7) is 1.49. The summed E-state index contributed by atoms with van der Waals surface area (Å²) >= 11 is 3.41. The molecule has 1 aliphatic rings. The molecule has 1 aliphatic heterocycles. The van der Waals surface area contributed by atoms with Crippen molar-refractivity contribution in [1.29, 1.82) is 0 Å². The number of ether oxygens (including phenoxy) is 1. The Morgan fingerprint density at radius 2 is 1.86 bits per heavy atom. The standard InChI is InChI=1S/C16H20BrNO4/c17-13-5-3-12(4-6-13)16(7-10-22-11-8-16)15(21)18-9-1-2-14(19)20/h3-6H,1-2,7-11H2,(H,18,21)(H,19,20). The Morgan fingerprint density at radius 1 is 1.23 bits per heavy atom. The summed E-state index contributed by atoms with van der Waals surface area (Å²) in [5.41, 5.74) is 0.400. The SMILES string of the molecule is O=C(O)CCCNC(=O)C1(c2ccc(Br)cc2)CCOCC1. The minimum absolute atomic E-state index is 0.0384. The summed E-state index contributed by atoms with van der Waals surface area (Å²) in [6.07, 6.45) is 1.78. The second-order valence-electron chi connectivity index (χ2n) is 5.45. The lowest BCUT2D eigenvalue weighted by Crippen LogP contribution is -2.48. The highest BCUT2D eigenvalue weighted by Crippen LogP contribution is 2.35. The van der Waals surface area contributed by atoms with Gasteiger partial charge in [-0.1, -0.05) is 28.1 Å². The molecule has 0 aliphatic carbocycles. The minimum Gasteiger partial charge on any atom is -0.481 e. The summed E-state index contributed by atoms with van der Waals surface area (Å²) in [5.74, 6) is -0.883. The molecule has 1 saturated heterocycles. The Labute approximate surface area is 138 Å². The summed E-state index contributed by atoms with van der Waals surface area (Å²) in [5, 5.41) is 11.5. The molecule has 22 heavy (non-hydrogen) atoms. The number of hydrogen-bond donors (Lipinski definition) is 2. The van der Waals surface area contributed by atoms with Gasteiger partial charge in [0.25, 0.3) is 0 Å². The molecule has 1 aromatic carbocycles. The Hall–Kier alpha value is -1.40. The van der Waals surface area contributed by atoms with Crippen LogP contribution in [-0.2, 0) is 19.7 Å². The highest BCUT2D eigenvalue weighted by atomic mass is 79.9. The molecular formula is C16H20BrNO4. The van der Waals surface area contributed by atoms with Gasteiger partial charge in [0, 0.05) is 30.7 Å². The predicted molar refractivity (Wildman–Crippen MR) is 85.8 cm³/mol. The Morgan fingerprint density at radius 3 is 2.45 bits per heavy atom. The van der Waals surface area contributed by atoms with Crippen LogP contribution in [0.2, 0.25) is 0 Å². The maximum absolute atomic E-state index is 12.7. The summed E-state index contributed by atoms with van der Waals surface area (Å²) in [4.78, 5) is 23.3. The van der Waals surface area contributed by atoms with Gasteiger partial charge in [0.2, 0.25) is 5.91 Å². The summed E-state index contributed by atoms with van der Waals surface area (Å²) < 4.78 is 6.38. The number of halogens is 1. The van der Waals surface area contributed by atoms with E-state index in [9.17, 15) is 9.59 Å². The molecule has 1 amide bonds. The zero-order valence-electron chi connectivity index (χ0n) is 12.3. The quantitative estimate of drug-likeness (QED) is 0.755. The molecule has 0 radical (unpaired) electrons. The van der Waals surface area contributed by atoms with Crippen LogP contribution < -0.4 is 5.32 Å². The Bertz CT molecular complexity index is 523. The van der Waals surface area contributed by atoms with Crippen molar-refractivity contribution in [3.63, 3.8) is 0 Å². The average Bonchev–Trinajstić information content (AvgIpc) is 2.52. The second kappa shape index (κ2) is 7.74. The van der Waals surface area contributed by atoms with Gasteiger partial charge in [0.05, 0.1) is 5.41 Å². The van der Waals surface area contributed by atoms with E-state index in [0.29, 0.717) is 39.0 Å². The maximum atomic E-state index is 12.7. The minimum atomic E-state index is -0.845. The summed E-state index contributed by atoms with van der Waals surface area (Å²) in [6, 6.07) is 7.80. The topological polar surface area (TPSA) is 75.6 Å². The molecule has 2 rings (SSSR count). The van der Waals surface area contributed by atoms with Crippen LogP contribution in [0.1, 0.15) is 31.2 Å². The van der Waals surface area contributed by atoms with Crippen LogP contribution in [0.3, 0.4) is 0 Å². The van der Waals surface area contributed by atoms with Crippen LogP contribution in [0.25, 0.3) is 0 Å². The first kappa shape index (κ1) is 17.0. The van der Waals surface area contributed by atoms with Gasteiger partial charge in [-0.25, -0.2) is 0 Å². The van der Waals surface area contributed by atoms with Crippen molar-refractivity contribution in [3.8, 4) is 0 Å². The number of hydrogen-bond acceptors (Lipinski definition) is 3. The lowest BCUT2D eigenvalue weighted by molar-refractivity contribution is -0.137. The second-order valence-corrected chi connectivity index (χ2v) is 6.37. The third-order valence-corrected chi connectivity index (χ3v) is 4.56. The number of benzene rings is 1. The number of carbonyl (C=O) groups is 2. The molecule has 0 spiro atoms. The van der Waals surface area contributed by atoms with Gasteiger partial charge in [0.15, 0.2) is 0 Å². The monoisotopic (exact) mass is 369 g/mol. The Kier molecular flexibility index (Phi) is 5.97. The zero-order chi connectivity index (χ0) is 16.0. The van der Waals surface area contributed by atoms with Crippen molar-refractivity contribution < 1.29 is 19.4 Å².